The van der Waals surface area contributed by atoms with Gasteiger partial charge in [-0.2, -0.15) is 0 Å². The number of rotatable bonds is 9. The summed E-state index contributed by atoms with van der Waals surface area (Å²) in [6.07, 6.45) is 2.86. The predicted octanol–water partition coefficient (Wildman–Crippen LogP) is 5.20. The summed E-state index contributed by atoms with van der Waals surface area (Å²) in [5.41, 5.74) is 7.25. The fourth-order valence-corrected chi connectivity index (χ4v) is 5.71. The predicted molar refractivity (Wildman–Crippen MR) is 143 cm³/mol. The number of ether oxygens (including phenoxy) is 1. The summed E-state index contributed by atoms with van der Waals surface area (Å²) in [6.45, 7) is 0.123. The average molecular weight is 550 g/mol. The lowest BCUT2D eigenvalue weighted by molar-refractivity contribution is 0.291. The van der Waals surface area contributed by atoms with Gasteiger partial charge in [-0.25, -0.2) is 21.9 Å². The van der Waals surface area contributed by atoms with Crippen molar-refractivity contribution in [1.82, 2.24) is 4.72 Å². The molecule has 198 valence electrons. The van der Waals surface area contributed by atoms with E-state index in [1.54, 1.807) is 18.2 Å². The highest BCUT2D eigenvalue weighted by atomic mass is 35.5. The molecule has 0 saturated heterocycles. The maximum atomic E-state index is 15.0. The SMILES string of the molecule is CS(=O)(=O)N[C@H]1CC[C@](Cc2ccc(F)c(-c3cccc(F)c3OCc3ccccc3)c2)(C(=N)N)C1.Cl. The van der Waals surface area contributed by atoms with E-state index in [1.165, 1.54) is 18.2 Å². The third kappa shape index (κ3) is 6.85. The molecule has 2 atom stereocenters. The number of amidine groups is 1. The maximum Gasteiger partial charge on any atom is 0.208 e. The second kappa shape index (κ2) is 11.6. The molecular formula is C27H30ClF2N3O3S. The van der Waals surface area contributed by atoms with Gasteiger partial charge in [0.1, 0.15) is 12.4 Å². The molecule has 0 heterocycles. The van der Waals surface area contributed by atoms with E-state index in [9.17, 15) is 12.8 Å². The molecule has 6 nitrogen and oxygen atoms in total. The summed E-state index contributed by atoms with van der Waals surface area (Å²) in [7, 11) is -3.40. The van der Waals surface area contributed by atoms with E-state index in [1.807, 2.05) is 30.3 Å². The van der Waals surface area contributed by atoms with Crippen molar-refractivity contribution >= 4 is 28.3 Å². The van der Waals surface area contributed by atoms with Crippen LogP contribution in [0.25, 0.3) is 11.1 Å². The second-order valence-electron chi connectivity index (χ2n) is 9.41. The van der Waals surface area contributed by atoms with Gasteiger partial charge in [-0.3, -0.25) is 5.41 Å². The molecule has 0 spiro atoms. The van der Waals surface area contributed by atoms with Gasteiger partial charge < -0.3 is 10.5 Å². The van der Waals surface area contributed by atoms with E-state index in [4.69, 9.17) is 15.9 Å². The van der Waals surface area contributed by atoms with Crippen LogP contribution in [0.4, 0.5) is 8.78 Å². The van der Waals surface area contributed by atoms with Crippen molar-refractivity contribution in [2.75, 3.05) is 6.26 Å². The summed E-state index contributed by atoms with van der Waals surface area (Å²) >= 11 is 0. The Hall–Kier alpha value is -3.01. The van der Waals surface area contributed by atoms with Gasteiger partial charge >= 0.3 is 0 Å². The van der Waals surface area contributed by atoms with Gasteiger partial charge in [0, 0.05) is 22.6 Å². The van der Waals surface area contributed by atoms with E-state index in [-0.39, 0.29) is 47.8 Å². The number of nitrogens with one attached hydrogen (secondary N) is 2. The van der Waals surface area contributed by atoms with Crippen LogP contribution in [0, 0.1) is 22.5 Å². The zero-order chi connectivity index (χ0) is 25.9. The van der Waals surface area contributed by atoms with Crippen molar-refractivity contribution in [2.24, 2.45) is 11.1 Å². The molecule has 1 saturated carbocycles. The molecule has 0 aliphatic heterocycles. The molecular weight excluding hydrogens is 520 g/mol. The van der Waals surface area contributed by atoms with Crippen LogP contribution in [0.2, 0.25) is 0 Å². The minimum absolute atomic E-state index is 0. The molecule has 3 aromatic rings. The van der Waals surface area contributed by atoms with Gasteiger partial charge in [0.2, 0.25) is 10.0 Å². The van der Waals surface area contributed by atoms with Crippen LogP contribution in [0.15, 0.2) is 66.7 Å². The molecule has 0 unspecified atom stereocenters. The van der Waals surface area contributed by atoms with Crippen LogP contribution in [-0.4, -0.2) is 26.6 Å². The normalized spacial score (nSPS) is 19.3. The van der Waals surface area contributed by atoms with Crippen molar-refractivity contribution in [2.45, 2.75) is 38.3 Å². The number of para-hydroxylation sites is 1. The summed E-state index contributed by atoms with van der Waals surface area (Å²) in [6, 6.07) is 17.9. The van der Waals surface area contributed by atoms with Gasteiger partial charge in [0.05, 0.1) is 12.1 Å². The highest BCUT2D eigenvalue weighted by Gasteiger charge is 2.42. The topological polar surface area (TPSA) is 105 Å². The summed E-state index contributed by atoms with van der Waals surface area (Å²) < 4.78 is 61.6. The molecule has 4 rings (SSSR count). The molecule has 0 aromatic heterocycles. The Morgan fingerprint density at radius 1 is 1.05 bits per heavy atom. The standard InChI is InChI=1S/C27H29F2N3O3S.ClH/c1-36(33,34)32-20-12-13-27(16-20,26(30)31)15-19-10-11-23(28)22(14-19)21-8-5-9-24(29)25(21)35-17-18-6-3-2-4-7-18;/h2-11,14,20,32H,12-13,15-17H2,1H3,(H3,30,31);1H/t20-,27+;/m0./s1. The van der Waals surface area contributed by atoms with Crippen LogP contribution in [0.5, 0.6) is 5.75 Å². The number of nitrogens with two attached hydrogens (primary N) is 1. The Bertz CT molecular complexity index is 1370. The smallest absolute Gasteiger partial charge is 0.208 e. The fraction of sp³-hybridized carbons (Fsp3) is 0.296. The Morgan fingerprint density at radius 2 is 1.78 bits per heavy atom. The molecule has 1 aliphatic carbocycles. The van der Waals surface area contributed by atoms with Crippen molar-refractivity contribution in [3.05, 3.63) is 89.5 Å². The van der Waals surface area contributed by atoms with E-state index < -0.39 is 27.1 Å². The van der Waals surface area contributed by atoms with E-state index in [0.717, 1.165) is 11.8 Å². The number of sulfonamides is 1. The van der Waals surface area contributed by atoms with Crippen LogP contribution in [0.3, 0.4) is 0 Å². The van der Waals surface area contributed by atoms with Crippen LogP contribution in [-0.2, 0) is 23.1 Å². The first kappa shape index (κ1) is 28.6. The Labute approximate surface area is 222 Å². The van der Waals surface area contributed by atoms with E-state index in [2.05, 4.69) is 4.72 Å². The first-order chi connectivity index (χ1) is 17.1. The highest BCUT2D eigenvalue weighted by molar-refractivity contribution is 7.88. The van der Waals surface area contributed by atoms with Gasteiger partial charge in [-0.15, -0.1) is 12.4 Å². The summed E-state index contributed by atoms with van der Waals surface area (Å²) in [5.74, 6) is -1.21. The Kier molecular flexibility index (Phi) is 8.94. The van der Waals surface area contributed by atoms with Crippen LogP contribution >= 0.6 is 12.4 Å². The van der Waals surface area contributed by atoms with E-state index >= 15 is 4.39 Å². The van der Waals surface area contributed by atoms with Gasteiger partial charge in [0.25, 0.3) is 0 Å². The van der Waals surface area contributed by atoms with Gasteiger partial charge in [-0.1, -0.05) is 48.5 Å². The first-order valence-electron chi connectivity index (χ1n) is 11.6. The fourth-order valence-electron chi connectivity index (χ4n) is 4.91. The molecule has 0 amide bonds. The number of hydrogen-bond donors (Lipinski definition) is 3. The second-order valence-corrected chi connectivity index (χ2v) is 11.2. The molecule has 10 heteroatoms. The molecule has 0 bridgehead atoms. The lowest BCUT2D eigenvalue weighted by Gasteiger charge is -2.28. The van der Waals surface area contributed by atoms with Gasteiger partial charge in [-0.05, 0) is 55.0 Å². The Morgan fingerprint density at radius 3 is 2.46 bits per heavy atom. The first-order valence-corrected chi connectivity index (χ1v) is 13.5. The monoisotopic (exact) mass is 549 g/mol. The lowest BCUT2D eigenvalue weighted by Crippen LogP contribution is -2.39. The minimum Gasteiger partial charge on any atom is -0.485 e. The van der Waals surface area contributed by atoms with Crippen molar-refractivity contribution in [3.8, 4) is 16.9 Å². The van der Waals surface area contributed by atoms with Crippen LogP contribution in [0.1, 0.15) is 30.4 Å². The third-order valence-corrected chi connectivity index (χ3v) is 7.38. The zero-order valence-corrected chi connectivity index (χ0v) is 22.0. The molecule has 1 fully saturated rings. The number of benzene rings is 3. The zero-order valence-electron chi connectivity index (χ0n) is 20.3. The quantitative estimate of drug-likeness (QED) is 0.252. The summed E-state index contributed by atoms with van der Waals surface area (Å²) in [5, 5.41) is 8.23. The number of hydrogen-bond acceptors (Lipinski definition) is 4. The molecule has 3 aromatic carbocycles. The summed E-state index contributed by atoms with van der Waals surface area (Å²) in [4.78, 5) is 0. The third-order valence-electron chi connectivity index (χ3n) is 6.62. The Balaban J connectivity index is 0.00000380. The van der Waals surface area contributed by atoms with Crippen molar-refractivity contribution < 1.29 is 21.9 Å². The molecule has 0 radical (unpaired) electrons. The molecule has 4 N–H and O–H groups in total. The largest absolute Gasteiger partial charge is 0.485 e. The van der Waals surface area contributed by atoms with E-state index in [0.29, 0.717) is 31.2 Å². The lowest BCUT2D eigenvalue weighted by atomic mass is 9.78. The molecule has 1 aliphatic rings. The average Bonchev–Trinajstić information content (AvgIpc) is 3.22. The van der Waals surface area contributed by atoms with Crippen molar-refractivity contribution in [1.29, 1.82) is 5.41 Å². The molecule has 37 heavy (non-hydrogen) atoms. The van der Waals surface area contributed by atoms with Gasteiger partial charge in [0.15, 0.2) is 11.6 Å². The maximum absolute atomic E-state index is 15.0. The minimum atomic E-state index is -3.40. The van der Waals surface area contributed by atoms with Crippen molar-refractivity contribution in [3.63, 3.8) is 0 Å². The number of halogens is 3. The van der Waals surface area contributed by atoms with Crippen LogP contribution < -0.4 is 15.2 Å². The highest BCUT2D eigenvalue weighted by Crippen LogP contribution is 2.42.